The second kappa shape index (κ2) is 8.40. The topological polar surface area (TPSA) is 27.1 Å². The number of hydrogen-bond acceptors (Lipinski definition) is 3. The quantitative estimate of drug-likeness (QED) is 0.360. The molecule has 0 radical (unpaired) electrons. The second-order valence-corrected chi connectivity index (χ2v) is 7.78. The molecule has 4 heteroatoms. The molecule has 0 aliphatic heterocycles. The van der Waals surface area contributed by atoms with E-state index in [4.69, 9.17) is 9.72 Å². The zero-order valence-electron chi connectivity index (χ0n) is 15.6. The lowest BCUT2D eigenvalue weighted by atomic mass is 10.2. The highest BCUT2D eigenvalue weighted by atomic mass is 32.1. The number of aromatic nitrogens is 2. The average Bonchev–Trinajstić information content (AvgIpc) is 3.31. The molecule has 2 heterocycles. The van der Waals surface area contributed by atoms with Crippen molar-refractivity contribution in [2.24, 2.45) is 0 Å². The average molecular weight is 377 g/mol. The lowest BCUT2D eigenvalue weighted by molar-refractivity contribution is 0.301. The van der Waals surface area contributed by atoms with E-state index < -0.39 is 0 Å². The van der Waals surface area contributed by atoms with Gasteiger partial charge in [-0.05, 0) is 55.0 Å². The summed E-state index contributed by atoms with van der Waals surface area (Å²) in [6, 6.07) is 20.9. The fraction of sp³-hybridized carbons (Fsp3) is 0.261. The highest BCUT2D eigenvalue weighted by Crippen LogP contribution is 2.21. The fourth-order valence-electron chi connectivity index (χ4n) is 3.35. The van der Waals surface area contributed by atoms with Gasteiger partial charge in [-0.3, -0.25) is 0 Å². The normalized spacial score (nSPS) is 11.1. The summed E-state index contributed by atoms with van der Waals surface area (Å²) in [6.07, 6.45) is 3.00. The standard InChI is InChI=1S/C23H24N2OS/c1-18-9-2-5-13-22(18)26-15-7-6-14-25-21-12-4-3-11-20(21)24-23(25)17-19-10-8-16-27-19/h2-5,8-13,16H,6-7,14-15,17H2,1H3. The van der Waals surface area contributed by atoms with Gasteiger partial charge in [0.25, 0.3) is 0 Å². The minimum Gasteiger partial charge on any atom is -0.493 e. The summed E-state index contributed by atoms with van der Waals surface area (Å²) >= 11 is 1.79. The van der Waals surface area contributed by atoms with Crippen LogP contribution in [-0.4, -0.2) is 16.2 Å². The van der Waals surface area contributed by atoms with E-state index in [1.54, 1.807) is 11.3 Å². The van der Waals surface area contributed by atoms with Crippen molar-refractivity contribution in [2.45, 2.75) is 32.7 Å². The van der Waals surface area contributed by atoms with Gasteiger partial charge >= 0.3 is 0 Å². The van der Waals surface area contributed by atoms with Gasteiger partial charge in [-0.1, -0.05) is 36.4 Å². The van der Waals surface area contributed by atoms with E-state index in [0.717, 1.165) is 49.5 Å². The number of hydrogen-bond donors (Lipinski definition) is 0. The summed E-state index contributed by atoms with van der Waals surface area (Å²) in [6.45, 7) is 3.81. The molecule has 0 amide bonds. The summed E-state index contributed by atoms with van der Waals surface area (Å²) in [5.74, 6) is 2.14. The van der Waals surface area contributed by atoms with E-state index in [1.165, 1.54) is 16.0 Å². The molecule has 4 rings (SSSR count). The first-order valence-corrected chi connectivity index (χ1v) is 10.3. The number of nitrogens with zero attached hydrogens (tertiary/aromatic N) is 2. The first-order chi connectivity index (χ1) is 13.3. The third kappa shape index (κ3) is 4.22. The van der Waals surface area contributed by atoms with Crippen LogP contribution in [0.15, 0.2) is 66.0 Å². The first-order valence-electron chi connectivity index (χ1n) is 9.46. The van der Waals surface area contributed by atoms with Crippen LogP contribution in [-0.2, 0) is 13.0 Å². The van der Waals surface area contributed by atoms with Gasteiger partial charge in [-0.25, -0.2) is 4.98 Å². The molecule has 0 saturated heterocycles. The third-order valence-corrected chi connectivity index (χ3v) is 5.65. The lowest BCUT2D eigenvalue weighted by Gasteiger charge is -2.11. The summed E-state index contributed by atoms with van der Waals surface area (Å²) in [4.78, 5) is 6.24. The summed E-state index contributed by atoms with van der Waals surface area (Å²) in [5, 5.41) is 2.13. The van der Waals surface area contributed by atoms with E-state index in [-0.39, 0.29) is 0 Å². The van der Waals surface area contributed by atoms with Gasteiger partial charge in [-0.15, -0.1) is 11.3 Å². The Balaban J connectivity index is 1.41. The lowest BCUT2D eigenvalue weighted by Crippen LogP contribution is -2.06. The van der Waals surface area contributed by atoms with E-state index in [2.05, 4.69) is 59.3 Å². The van der Waals surface area contributed by atoms with Crippen molar-refractivity contribution < 1.29 is 4.74 Å². The van der Waals surface area contributed by atoms with Crippen molar-refractivity contribution in [3.63, 3.8) is 0 Å². The Kier molecular flexibility index (Phi) is 5.54. The van der Waals surface area contributed by atoms with Crippen LogP contribution in [0.1, 0.15) is 29.1 Å². The number of imidazole rings is 1. The number of aryl methyl sites for hydroxylation is 2. The molecule has 0 saturated carbocycles. The molecule has 138 valence electrons. The van der Waals surface area contributed by atoms with E-state index in [9.17, 15) is 0 Å². The summed E-state index contributed by atoms with van der Waals surface area (Å²) < 4.78 is 8.31. The van der Waals surface area contributed by atoms with Crippen LogP contribution >= 0.6 is 11.3 Å². The van der Waals surface area contributed by atoms with Crippen LogP contribution in [0.5, 0.6) is 5.75 Å². The molecule has 0 aliphatic carbocycles. The van der Waals surface area contributed by atoms with Gasteiger partial charge in [-0.2, -0.15) is 0 Å². The monoisotopic (exact) mass is 376 g/mol. The first kappa shape index (κ1) is 17.8. The highest BCUT2D eigenvalue weighted by Gasteiger charge is 2.11. The molecule has 0 spiro atoms. The Morgan fingerprint density at radius 3 is 2.67 bits per heavy atom. The van der Waals surface area contributed by atoms with Crippen LogP contribution in [0.4, 0.5) is 0 Å². The van der Waals surface area contributed by atoms with E-state index in [1.807, 2.05) is 18.2 Å². The Labute approximate surface area is 164 Å². The smallest absolute Gasteiger partial charge is 0.122 e. The number of para-hydroxylation sites is 3. The SMILES string of the molecule is Cc1ccccc1OCCCCn1c(Cc2cccs2)nc2ccccc21. The molecular weight excluding hydrogens is 352 g/mol. The number of rotatable bonds is 8. The maximum atomic E-state index is 5.94. The van der Waals surface area contributed by atoms with Crippen molar-refractivity contribution in [1.29, 1.82) is 0 Å². The van der Waals surface area contributed by atoms with Gasteiger partial charge in [0.05, 0.1) is 17.6 Å². The predicted octanol–water partition coefficient (Wildman–Crippen LogP) is 5.86. The van der Waals surface area contributed by atoms with Gasteiger partial charge in [0.1, 0.15) is 11.6 Å². The number of ether oxygens (including phenoxy) is 1. The molecule has 0 atom stereocenters. The van der Waals surface area contributed by atoms with Crippen molar-refractivity contribution in [2.75, 3.05) is 6.61 Å². The van der Waals surface area contributed by atoms with Crippen molar-refractivity contribution >= 4 is 22.4 Å². The Hall–Kier alpha value is -2.59. The zero-order chi connectivity index (χ0) is 18.5. The van der Waals surface area contributed by atoms with E-state index >= 15 is 0 Å². The number of fused-ring (bicyclic) bond motifs is 1. The summed E-state index contributed by atoms with van der Waals surface area (Å²) in [7, 11) is 0. The molecular formula is C23H24N2OS. The molecule has 27 heavy (non-hydrogen) atoms. The van der Waals surface area contributed by atoms with Crippen LogP contribution in [0.2, 0.25) is 0 Å². The Bertz CT molecular complexity index is 1000. The largest absolute Gasteiger partial charge is 0.493 e. The molecule has 0 aliphatic rings. The maximum absolute atomic E-state index is 5.94. The van der Waals surface area contributed by atoms with Gasteiger partial charge in [0, 0.05) is 17.8 Å². The van der Waals surface area contributed by atoms with Crippen molar-refractivity contribution in [3.05, 3.63) is 82.3 Å². The molecule has 0 unspecified atom stereocenters. The van der Waals surface area contributed by atoms with Crippen LogP contribution in [0.25, 0.3) is 11.0 Å². The third-order valence-electron chi connectivity index (χ3n) is 4.77. The van der Waals surface area contributed by atoms with Crippen molar-refractivity contribution in [1.82, 2.24) is 9.55 Å². The van der Waals surface area contributed by atoms with Gasteiger partial charge < -0.3 is 9.30 Å². The number of benzene rings is 2. The predicted molar refractivity (Wildman–Crippen MR) is 113 cm³/mol. The molecule has 3 nitrogen and oxygen atoms in total. The minimum absolute atomic E-state index is 0.748. The molecule has 0 N–H and O–H groups in total. The Morgan fingerprint density at radius 1 is 0.963 bits per heavy atom. The van der Waals surface area contributed by atoms with Gasteiger partial charge in [0.2, 0.25) is 0 Å². The second-order valence-electron chi connectivity index (χ2n) is 6.75. The zero-order valence-corrected chi connectivity index (χ0v) is 16.4. The van der Waals surface area contributed by atoms with E-state index in [0.29, 0.717) is 0 Å². The molecule has 0 fully saturated rings. The number of unbranched alkanes of at least 4 members (excludes halogenated alkanes) is 1. The minimum atomic E-state index is 0.748. The van der Waals surface area contributed by atoms with Crippen LogP contribution < -0.4 is 4.74 Å². The van der Waals surface area contributed by atoms with Crippen LogP contribution in [0, 0.1) is 6.92 Å². The van der Waals surface area contributed by atoms with Crippen LogP contribution in [0.3, 0.4) is 0 Å². The molecule has 2 aromatic carbocycles. The maximum Gasteiger partial charge on any atom is 0.122 e. The molecule has 4 aromatic rings. The summed E-state index contributed by atoms with van der Waals surface area (Å²) in [5.41, 5.74) is 3.50. The molecule has 0 bridgehead atoms. The van der Waals surface area contributed by atoms with Crippen molar-refractivity contribution in [3.8, 4) is 5.75 Å². The Morgan fingerprint density at radius 2 is 1.81 bits per heavy atom. The molecule has 2 aromatic heterocycles. The highest BCUT2D eigenvalue weighted by molar-refractivity contribution is 7.09. The fourth-order valence-corrected chi connectivity index (χ4v) is 4.05. The number of thiophene rings is 1. The van der Waals surface area contributed by atoms with Gasteiger partial charge in [0.15, 0.2) is 0 Å².